The van der Waals surface area contributed by atoms with Crippen molar-refractivity contribution in [3.63, 3.8) is 0 Å². The van der Waals surface area contributed by atoms with E-state index in [9.17, 15) is 0 Å². The Labute approximate surface area is 115 Å². The Bertz CT molecular complexity index is 339. The molecule has 0 aliphatic heterocycles. The van der Waals surface area contributed by atoms with E-state index in [0.29, 0.717) is 11.8 Å². The highest BCUT2D eigenvalue weighted by Gasteiger charge is 2.12. The molecule has 0 radical (unpaired) electrons. The van der Waals surface area contributed by atoms with Crippen LogP contribution in [0.3, 0.4) is 0 Å². The fourth-order valence-corrected chi connectivity index (χ4v) is 2.02. The van der Waals surface area contributed by atoms with E-state index < -0.39 is 0 Å². The maximum atomic E-state index is 5.90. The number of hydrogen-bond donors (Lipinski definition) is 0. The molecule has 1 aromatic rings. The summed E-state index contributed by atoms with van der Waals surface area (Å²) in [6.07, 6.45) is 3.11. The van der Waals surface area contributed by atoms with E-state index in [1.54, 1.807) is 0 Å². The van der Waals surface area contributed by atoms with Gasteiger partial charge in [0.25, 0.3) is 0 Å². The Balaban J connectivity index is 2.56. The molecule has 0 saturated carbocycles. The van der Waals surface area contributed by atoms with Crippen LogP contribution in [0.25, 0.3) is 0 Å². The lowest BCUT2D eigenvalue weighted by atomic mass is 10.1. The first-order chi connectivity index (χ1) is 8.69. The molecule has 1 aromatic heterocycles. The number of hydrogen-bond acceptors (Lipinski definition) is 3. The number of aromatic nitrogens is 3. The lowest BCUT2D eigenvalue weighted by Crippen LogP contribution is -2.09. The Morgan fingerprint density at radius 3 is 2.78 bits per heavy atom. The second-order valence-electron chi connectivity index (χ2n) is 4.82. The van der Waals surface area contributed by atoms with Gasteiger partial charge < -0.3 is 4.74 Å². The summed E-state index contributed by atoms with van der Waals surface area (Å²) < 4.78 is 7.32. The Hall–Kier alpha value is -0.610. The fourth-order valence-electron chi connectivity index (χ4n) is 1.81. The number of ether oxygens (including phenoxy) is 1. The van der Waals surface area contributed by atoms with E-state index in [-0.39, 0.29) is 0 Å². The Morgan fingerprint density at radius 1 is 1.39 bits per heavy atom. The molecule has 0 unspecified atom stereocenters. The molecule has 0 fully saturated rings. The van der Waals surface area contributed by atoms with Crippen molar-refractivity contribution < 1.29 is 4.74 Å². The monoisotopic (exact) mass is 273 g/mol. The number of alkyl halides is 1. The zero-order chi connectivity index (χ0) is 13.4. The number of halogens is 1. The summed E-state index contributed by atoms with van der Waals surface area (Å²) >= 11 is 5.90. The van der Waals surface area contributed by atoms with Gasteiger partial charge in [0.1, 0.15) is 5.69 Å². The minimum Gasteiger partial charge on any atom is -0.382 e. The van der Waals surface area contributed by atoms with Crippen LogP contribution < -0.4 is 0 Å². The summed E-state index contributed by atoms with van der Waals surface area (Å²) in [7, 11) is 0. The first-order valence-electron chi connectivity index (χ1n) is 6.74. The van der Waals surface area contributed by atoms with Gasteiger partial charge >= 0.3 is 0 Å². The molecule has 0 spiro atoms. The molecule has 104 valence electrons. The number of aryl methyl sites for hydroxylation is 1. The van der Waals surface area contributed by atoms with Crippen LogP contribution in [0.5, 0.6) is 0 Å². The van der Waals surface area contributed by atoms with Crippen LogP contribution in [0, 0.1) is 5.92 Å². The summed E-state index contributed by atoms with van der Waals surface area (Å²) in [5, 5.41) is 8.34. The second kappa shape index (κ2) is 8.48. The van der Waals surface area contributed by atoms with Crippen molar-refractivity contribution in [3.8, 4) is 0 Å². The van der Waals surface area contributed by atoms with E-state index in [0.717, 1.165) is 44.7 Å². The fraction of sp³-hybridized carbons (Fsp3) is 0.846. The molecule has 0 aliphatic rings. The van der Waals surface area contributed by atoms with Crippen LogP contribution in [-0.4, -0.2) is 28.2 Å². The molecular formula is C13H24ClN3O. The average Bonchev–Trinajstić information content (AvgIpc) is 2.74. The highest BCUT2D eigenvalue weighted by molar-refractivity contribution is 6.16. The summed E-state index contributed by atoms with van der Waals surface area (Å²) in [4.78, 5) is 0. The molecular weight excluding hydrogens is 250 g/mol. The predicted octanol–water partition coefficient (Wildman–Crippen LogP) is 3.03. The number of nitrogens with zero attached hydrogens (tertiary/aromatic N) is 3. The van der Waals surface area contributed by atoms with E-state index in [2.05, 4.69) is 24.2 Å². The first-order valence-corrected chi connectivity index (χ1v) is 7.27. The van der Waals surface area contributed by atoms with E-state index in [1.807, 2.05) is 11.6 Å². The topological polar surface area (TPSA) is 39.9 Å². The molecule has 0 bridgehead atoms. The van der Waals surface area contributed by atoms with E-state index >= 15 is 0 Å². The molecule has 0 atom stereocenters. The molecule has 5 heteroatoms. The summed E-state index contributed by atoms with van der Waals surface area (Å²) in [6, 6.07) is 0. The van der Waals surface area contributed by atoms with Crippen molar-refractivity contribution in [2.45, 2.75) is 52.5 Å². The third-order valence-electron chi connectivity index (χ3n) is 2.87. The molecule has 0 aromatic carbocycles. The van der Waals surface area contributed by atoms with Crippen LogP contribution in [0.2, 0.25) is 0 Å². The first kappa shape index (κ1) is 15.4. The lowest BCUT2D eigenvalue weighted by molar-refractivity contribution is 0.140. The van der Waals surface area contributed by atoms with Crippen LogP contribution >= 0.6 is 11.6 Å². The minimum absolute atomic E-state index is 0.443. The molecule has 0 N–H and O–H groups in total. The molecule has 4 nitrogen and oxygen atoms in total. The highest BCUT2D eigenvalue weighted by Crippen LogP contribution is 2.14. The maximum absolute atomic E-state index is 5.90. The molecule has 18 heavy (non-hydrogen) atoms. The van der Waals surface area contributed by atoms with Crippen LogP contribution in [-0.2, 0) is 23.6 Å². The van der Waals surface area contributed by atoms with Crippen LogP contribution in [0.4, 0.5) is 0 Å². The quantitative estimate of drug-likeness (QED) is 0.513. The molecule has 1 rings (SSSR count). The highest BCUT2D eigenvalue weighted by atomic mass is 35.5. The van der Waals surface area contributed by atoms with Crippen LogP contribution in [0.15, 0.2) is 0 Å². The summed E-state index contributed by atoms with van der Waals surface area (Å²) in [5.41, 5.74) is 2.11. The van der Waals surface area contributed by atoms with Gasteiger partial charge in [-0.1, -0.05) is 19.1 Å². The average molecular weight is 274 g/mol. The molecule has 0 saturated heterocycles. The number of rotatable bonds is 9. The Morgan fingerprint density at radius 2 is 2.17 bits per heavy atom. The lowest BCUT2D eigenvalue weighted by Gasteiger charge is -2.09. The maximum Gasteiger partial charge on any atom is 0.101 e. The SMILES string of the molecule is CCOCCCn1nnc(CCl)c1CCC(C)C. The van der Waals surface area contributed by atoms with Gasteiger partial charge in [-0.2, -0.15) is 0 Å². The zero-order valence-electron chi connectivity index (χ0n) is 11.7. The largest absolute Gasteiger partial charge is 0.382 e. The van der Waals surface area contributed by atoms with Gasteiger partial charge in [0.15, 0.2) is 0 Å². The standard InChI is InChI=1S/C13H24ClN3O/c1-4-18-9-5-8-17-13(7-6-11(2)3)12(10-14)15-16-17/h11H,4-10H2,1-3H3. The van der Waals surface area contributed by atoms with Gasteiger partial charge in [-0.25, -0.2) is 4.68 Å². The van der Waals surface area contributed by atoms with E-state index in [4.69, 9.17) is 16.3 Å². The van der Waals surface area contributed by atoms with Crippen molar-refractivity contribution in [2.24, 2.45) is 5.92 Å². The summed E-state index contributed by atoms with van der Waals surface area (Å²) in [6.45, 7) is 8.86. The van der Waals surface area contributed by atoms with Crippen molar-refractivity contribution in [3.05, 3.63) is 11.4 Å². The van der Waals surface area contributed by atoms with Gasteiger partial charge in [0.05, 0.1) is 11.6 Å². The van der Waals surface area contributed by atoms with Crippen molar-refractivity contribution in [1.29, 1.82) is 0 Å². The molecule has 0 amide bonds. The van der Waals surface area contributed by atoms with Gasteiger partial charge in [-0.15, -0.1) is 16.7 Å². The van der Waals surface area contributed by atoms with Crippen molar-refractivity contribution in [2.75, 3.05) is 13.2 Å². The minimum atomic E-state index is 0.443. The van der Waals surface area contributed by atoms with Crippen molar-refractivity contribution >= 4 is 11.6 Å². The van der Waals surface area contributed by atoms with Crippen molar-refractivity contribution in [1.82, 2.24) is 15.0 Å². The second-order valence-corrected chi connectivity index (χ2v) is 5.09. The summed E-state index contributed by atoms with van der Waals surface area (Å²) in [5.74, 6) is 1.12. The zero-order valence-corrected chi connectivity index (χ0v) is 12.4. The van der Waals surface area contributed by atoms with Crippen LogP contribution in [0.1, 0.15) is 45.0 Å². The molecule has 0 aliphatic carbocycles. The predicted molar refractivity (Wildman–Crippen MR) is 73.8 cm³/mol. The smallest absolute Gasteiger partial charge is 0.101 e. The van der Waals surface area contributed by atoms with E-state index in [1.165, 1.54) is 5.69 Å². The van der Waals surface area contributed by atoms with Gasteiger partial charge in [0, 0.05) is 19.8 Å². The third-order valence-corrected chi connectivity index (χ3v) is 3.12. The Kier molecular flexibility index (Phi) is 7.28. The normalized spacial score (nSPS) is 11.4. The van der Waals surface area contributed by atoms with Gasteiger partial charge in [-0.3, -0.25) is 0 Å². The van der Waals surface area contributed by atoms with Gasteiger partial charge in [0.2, 0.25) is 0 Å². The third kappa shape index (κ3) is 4.94. The van der Waals surface area contributed by atoms with Gasteiger partial charge in [-0.05, 0) is 32.1 Å². The molecule has 1 heterocycles.